The van der Waals surface area contributed by atoms with Crippen LogP contribution in [0.2, 0.25) is 10.0 Å². The van der Waals surface area contributed by atoms with Crippen molar-refractivity contribution >= 4 is 51.8 Å². The Morgan fingerprint density at radius 2 is 1.65 bits per heavy atom. The third kappa shape index (κ3) is 9.26. The number of pyridine rings is 1. The molecule has 2 N–H and O–H groups in total. The Balaban J connectivity index is 1.35. The summed E-state index contributed by atoms with van der Waals surface area (Å²) in [6, 6.07) is 32.9. The molecule has 0 fully saturated rings. The predicted octanol–water partition coefficient (Wildman–Crippen LogP) is 9.70. The largest absolute Gasteiger partial charge is 0.487 e. The highest BCUT2D eigenvalue weighted by Gasteiger charge is 2.24. The van der Waals surface area contributed by atoms with Crippen LogP contribution in [0.4, 0.5) is 0 Å². The SMILES string of the molecule is CC(C)(O)c1ccccc1CCC(SCC(Cc1ccc(Cl)cc1)C(=O)O)c1cccc(OCc2ccc3ccc(Cl)cc3n2)c1. The summed E-state index contributed by atoms with van der Waals surface area (Å²) >= 11 is 13.9. The molecule has 0 saturated carbocycles. The van der Waals surface area contributed by atoms with Crippen LogP contribution in [0.25, 0.3) is 10.9 Å². The van der Waals surface area contributed by atoms with E-state index in [9.17, 15) is 15.0 Å². The van der Waals surface area contributed by atoms with Crippen LogP contribution in [0.3, 0.4) is 0 Å². The molecule has 5 rings (SSSR count). The molecule has 0 radical (unpaired) electrons. The Bertz CT molecular complexity index is 1790. The van der Waals surface area contributed by atoms with Crippen LogP contribution in [0.5, 0.6) is 5.75 Å². The number of hydrogen-bond donors (Lipinski definition) is 2. The maximum Gasteiger partial charge on any atom is 0.307 e. The summed E-state index contributed by atoms with van der Waals surface area (Å²) in [7, 11) is 0. The fourth-order valence-electron chi connectivity index (χ4n) is 5.50. The molecule has 5 nitrogen and oxygen atoms in total. The Morgan fingerprint density at radius 3 is 2.41 bits per heavy atom. The molecule has 4 aromatic carbocycles. The number of carboxylic acid groups (broad SMARTS) is 1. The van der Waals surface area contributed by atoms with E-state index in [0.717, 1.165) is 51.7 Å². The Kier molecular flexibility index (Phi) is 11.3. The van der Waals surface area contributed by atoms with Crippen molar-refractivity contribution in [2.75, 3.05) is 5.75 Å². The average Bonchev–Trinajstić information content (AvgIpc) is 3.03. The minimum Gasteiger partial charge on any atom is -0.487 e. The molecule has 0 bridgehead atoms. The van der Waals surface area contributed by atoms with Crippen molar-refractivity contribution < 1.29 is 19.7 Å². The molecular weight excluding hydrogens is 637 g/mol. The molecule has 0 saturated heterocycles. The summed E-state index contributed by atoms with van der Waals surface area (Å²) in [6.07, 6.45) is 1.89. The number of ether oxygens (including phenoxy) is 1. The van der Waals surface area contributed by atoms with Crippen molar-refractivity contribution in [2.24, 2.45) is 5.92 Å². The van der Waals surface area contributed by atoms with Gasteiger partial charge in [0.2, 0.25) is 0 Å². The maximum atomic E-state index is 12.3. The standard InChI is InChI=1S/C38H37Cl2NO4S/c1-38(2,44)34-9-4-3-6-26(34)14-19-36(46-24-29(37(42)43)20-25-10-15-30(39)16-11-25)28-7-5-8-33(21-28)45-23-32-18-13-27-12-17-31(40)22-35(27)41-32/h3-13,15-18,21-22,29,36,44H,14,19-20,23-24H2,1-2H3,(H,42,43). The molecule has 0 aliphatic heterocycles. The van der Waals surface area contributed by atoms with Crippen LogP contribution in [0.1, 0.15) is 53.5 Å². The molecule has 0 amide bonds. The van der Waals surface area contributed by atoms with Crippen LogP contribution in [0, 0.1) is 5.92 Å². The van der Waals surface area contributed by atoms with E-state index in [2.05, 4.69) is 12.1 Å². The molecule has 0 spiro atoms. The minimum absolute atomic E-state index is 0.00795. The second-order valence-corrected chi connectivity index (χ2v) is 14.1. The molecule has 2 unspecified atom stereocenters. The van der Waals surface area contributed by atoms with Crippen LogP contribution in [-0.2, 0) is 29.8 Å². The van der Waals surface area contributed by atoms with Crippen molar-refractivity contribution in [2.45, 2.75) is 50.6 Å². The number of fused-ring (bicyclic) bond motifs is 1. The average molecular weight is 675 g/mol. The number of aliphatic hydroxyl groups is 1. The zero-order valence-electron chi connectivity index (χ0n) is 25.8. The van der Waals surface area contributed by atoms with E-state index in [-0.39, 0.29) is 5.25 Å². The monoisotopic (exact) mass is 673 g/mol. The number of thioether (sulfide) groups is 1. The van der Waals surface area contributed by atoms with Gasteiger partial charge in [0.05, 0.1) is 22.7 Å². The van der Waals surface area contributed by atoms with Crippen molar-refractivity contribution in [1.29, 1.82) is 0 Å². The number of halogens is 2. The summed E-state index contributed by atoms with van der Waals surface area (Å²) in [6.45, 7) is 3.89. The molecule has 46 heavy (non-hydrogen) atoms. The molecule has 1 heterocycles. The molecule has 0 aliphatic carbocycles. The summed E-state index contributed by atoms with van der Waals surface area (Å²) in [5, 5.41) is 23.2. The van der Waals surface area contributed by atoms with Crippen molar-refractivity contribution in [1.82, 2.24) is 4.98 Å². The molecule has 238 valence electrons. The number of nitrogens with zero attached hydrogens (tertiary/aromatic N) is 1. The number of rotatable bonds is 14. The molecule has 0 aliphatic rings. The molecule has 5 aromatic rings. The fourth-order valence-corrected chi connectivity index (χ4v) is 7.14. The number of benzene rings is 4. The van der Waals surface area contributed by atoms with Gasteiger partial charge in [0.1, 0.15) is 12.4 Å². The highest BCUT2D eigenvalue weighted by atomic mass is 35.5. The van der Waals surface area contributed by atoms with Crippen molar-refractivity contribution in [3.63, 3.8) is 0 Å². The van der Waals surface area contributed by atoms with Gasteiger partial charge in [-0.3, -0.25) is 4.79 Å². The van der Waals surface area contributed by atoms with E-state index in [1.807, 2.05) is 78.9 Å². The predicted molar refractivity (Wildman–Crippen MR) is 189 cm³/mol. The normalized spacial score (nSPS) is 13.0. The van der Waals surface area contributed by atoms with E-state index in [0.29, 0.717) is 34.6 Å². The summed E-state index contributed by atoms with van der Waals surface area (Å²) < 4.78 is 6.20. The van der Waals surface area contributed by atoms with Gasteiger partial charge in [0.25, 0.3) is 0 Å². The zero-order valence-corrected chi connectivity index (χ0v) is 28.2. The summed E-state index contributed by atoms with van der Waals surface area (Å²) in [4.78, 5) is 17.0. The Morgan fingerprint density at radius 1 is 0.913 bits per heavy atom. The fraction of sp³-hybridized carbons (Fsp3) is 0.263. The van der Waals surface area contributed by atoms with Gasteiger partial charge in [0.15, 0.2) is 0 Å². The van der Waals surface area contributed by atoms with E-state index in [1.165, 1.54) is 0 Å². The first-order valence-corrected chi connectivity index (χ1v) is 17.0. The minimum atomic E-state index is -0.970. The van der Waals surface area contributed by atoms with E-state index in [1.54, 1.807) is 37.7 Å². The first-order chi connectivity index (χ1) is 22.0. The lowest BCUT2D eigenvalue weighted by molar-refractivity contribution is -0.140. The van der Waals surface area contributed by atoms with Crippen LogP contribution in [0.15, 0.2) is 103 Å². The number of hydrogen-bond acceptors (Lipinski definition) is 5. The number of aromatic nitrogens is 1. The molecule has 2 atom stereocenters. The summed E-state index contributed by atoms with van der Waals surface area (Å²) in [5.41, 5.74) is 4.60. The number of carboxylic acids is 1. The van der Waals surface area contributed by atoms with Gasteiger partial charge in [-0.2, -0.15) is 11.8 Å². The first-order valence-electron chi connectivity index (χ1n) is 15.2. The molecule has 8 heteroatoms. The van der Waals surface area contributed by atoms with E-state index < -0.39 is 17.5 Å². The lowest BCUT2D eigenvalue weighted by Crippen LogP contribution is -2.20. The van der Waals surface area contributed by atoms with Gasteiger partial charge in [-0.15, -0.1) is 0 Å². The number of aliphatic carboxylic acids is 1. The lowest BCUT2D eigenvalue weighted by atomic mass is 9.90. The van der Waals surface area contributed by atoms with Gasteiger partial charge < -0.3 is 14.9 Å². The highest BCUT2D eigenvalue weighted by molar-refractivity contribution is 7.99. The van der Waals surface area contributed by atoms with E-state index in [4.69, 9.17) is 32.9 Å². The maximum absolute atomic E-state index is 12.3. The smallest absolute Gasteiger partial charge is 0.307 e. The van der Waals surface area contributed by atoms with Crippen molar-refractivity contribution in [3.05, 3.63) is 141 Å². The number of aryl methyl sites for hydroxylation is 1. The van der Waals surface area contributed by atoms with Gasteiger partial charge in [0, 0.05) is 26.4 Å². The van der Waals surface area contributed by atoms with Gasteiger partial charge in [-0.25, -0.2) is 4.98 Å². The van der Waals surface area contributed by atoms with Gasteiger partial charge in [-0.1, -0.05) is 83.9 Å². The van der Waals surface area contributed by atoms with Crippen molar-refractivity contribution in [3.8, 4) is 5.75 Å². The van der Waals surface area contributed by atoms with Crippen LogP contribution < -0.4 is 4.74 Å². The van der Waals surface area contributed by atoms with Gasteiger partial charge >= 0.3 is 5.97 Å². The van der Waals surface area contributed by atoms with E-state index >= 15 is 0 Å². The second kappa shape index (κ2) is 15.4. The second-order valence-electron chi connectivity index (χ2n) is 11.9. The van der Waals surface area contributed by atoms with Gasteiger partial charge in [-0.05, 0) is 97.8 Å². The van der Waals surface area contributed by atoms with Crippen LogP contribution in [-0.4, -0.2) is 26.9 Å². The quantitative estimate of drug-likeness (QED) is 0.122. The summed E-state index contributed by atoms with van der Waals surface area (Å²) in [5.74, 6) is -0.243. The molecule has 1 aromatic heterocycles. The van der Waals surface area contributed by atoms with Crippen LogP contribution >= 0.6 is 35.0 Å². The zero-order chi connectivity index (χ0) is 32.7. The Hall–Kier alpha value is -3.55. The molecular formula is C38H37Cl2NO4S. The number of carbonyl (C=O) groups is 1. The Labute approximate surface area is 284 Å². The highest BCUT2D eigenvalue weighted by Crippen LogP contribution is 2.38. The third-order valence-electron chi connectivity index (χ3n) is 7.92. The lowest BCUT2D eigenvalue weighted by Gasteiger charge is -2.24. The third-order valence-corrected chi connectivity index (χ3v) is 9.92. The topological polar surface area (TPSA) is 79.7 Å². The first kappa shape index (κ1) is 33.8.